The lowest BCUT2D eigenvalue weighted by Gasteiger charge is -2.39. The van der Waals surface area contributed by atoms with E-state index in [0.717, 1.165) is 30.7 Å². The predicted octanol–water partition coefficient (Wildman–Crippen LogP) is 3.62. The molecule has 0 aliphatic heterocycles. The van der Waals surface area contributed by atoms with Gasteiger partial charge in [-0.3, -0.25) is 0 Å². The van der Waals surface area contributed by atoms with Crippen LogP contribution in [0.2, 0.25) is 0 Å². The molecular formula is C17H25NO3. The van der Waals surface area contributed by atoms with Gasteiger partial charge >= 0.3 is 5.97 Å². The zero-order valence-corrected chi connectivity index (χ0v) is 13.1. The molecule has 0 spiro atoms. The molecule has 2 unspecified atom stereocenters. The fourth-order valence-electron chi connectivity index (χ4n) is 3.15. The normalized spacial score (nSPS) is 25.2. The first kappa shape index (κ1) is 15.7. The first-order chi connectivity index (χ1) is 10.1. The van der Waals surface area contributed by atoms with Crippen LogP contribution in [-0.4, -0.2) is 25.2 Å². The van der Waals surface area contributed by atoms with Crippen LogP contribution < -0.4 is 10.1 Å². The third-order valence-corrected chi connectivity index (χ3v) is 4.12. The number of methoxy groups -OCH3 is 1. The lowest BCUT2D eigenvalue weighted by atomic mass is 9.76. The molecule has 1 aliphatic rings. The minimum absolute atomic E-state index is 0.139. The molecule has 0 radical (unpaired) electrons. The Labute approximate surface area is 126 Å². The number of benzene rings is 1. The van der Waals surface area contributed by atoms with Gasteiger partial charge in [0.1, 0.15) is 11.3 Å². The maximum absolute atomic E-state index is 12.5. The van der Waals surface area contributed by atoms with E-state index in [0.29, 0.717) is 12.5 Å². The Morgan fingerprint density at radius 2 is 2.29 bits per heavy atom. The van der Waals surface area contributed by atoms with Gasteiger partial charge in [-0.25, -0.2) is 4.79 Å². The fraction of sp³-hybridized carbons (Fsp3) is 0.588. The lowest BCUT2D eigenvalue weighted by Crippen LogP contribution is -2.50. The van der Waals surface area contributed by atoms with Crippen LogP contribution in [0.3, 0.4) is 0 Å². The third kappa shape index (κ3) is 3.69. The largest absolute Gasteiger partial charge is 0.497 e. The summed E-state index contributed by atoms with van der Waals surface area (Å²) in [6.07, 6.45) is 3.83. The van der Waals surface area contributed by atoms with E-state index < -0.39 is 5.54 Å². The number of nitrogens with one attached hydrogen (secondary N) is 1. The van der Waals surface area contributed by atoms with Gasteiger partial charge in [-0.05, 0) is 37.8 Å². The molecule has 0 aromatic heterocycles. The van der Waals surface area contributed by atoms with Gasteiger partial charge in [0.25, 0.3) is 0 Å². The van der Waals surface area contributed by atoms with Crippen LogP contribution in [0.15, 0.2) is 24.3 Å². The average molecular weight is 291 g/mol. The van der Waals surface area contributed by atoms with Gasteiger partial charge in [0.15, 0.2) is 0 Å². The molecule has 1 aromatic rings. The summed E-state index contributed by atoms with van der Waals surface area (Å²) in [5.41, 5.74) is 0.288. The molecule has 1 aliphatic carbocycles. The van der Waals surface area contributed by atoms with E-state index in [1.54, 1.807) is 7.11 Å². The minimum atomic E-state index is -0.611. The maximum Gasteiger partial charge on any atom is 0.331 e. The van der Waals surface area contributed by atoms with E-state index in [1.807, 2.05) is 31.2 Å². The number of carbonyl (C=O) groups is 1. The Hall–Kier alpha value is -1.71. The summed E-state index contributed by atoms with van der Waals surface area (Å²) in [6, 6.07) is 7.70. The SMILES string of the molecule is CCOC(=O)C1(Nc2cccc(OC)c2)CCCC(C)C1. The molecule has 4 heteroatoms. The summed E-state index contributed by atoms with van der Waals surface area (Å²) in [6.45, 7) is 4.46. The fourth-order valence-corrected chi connectivity index (χ4v) is 3.15. The lowest BCUT2D eigenvalue weighted by molar-refractivity contribution is -0.150. The van der Waals surface area contributed by atoms with Crippen LogP contribution in [0.1, 0.15) is 39.5 Å². The van der Waals surface area contributed by atoms with Crippen molar-refractivity contribution in [3.8, 4) is 5.75 Å². The van der Waals surface area contributed by atoms with E-state index in [1.165, 1.54) is 6.42 Å². The maximum atomic E-state index is 12.5. The smallest absolute Gasteiger partial charge is 0.331 e. The highest BCUT2D eigenvalue weighted by molar-refractivity contribution is 5.85. The Kier molecular flexibility index (Phi) is 5.10. The van der Waals surface area contributed by atoms with Crippen LogP contribution in [0.4, 0.5) is 5.69 Å². The third-order valence-electron chi connectivity index (χ3n) is 4.12. The van der Waals surface area contributed by atoms with Crippen molar-refractivity contribution in [3.63, 3.8) is 0 Å². The Balaban J connectivity index is 2.24. The van der Waals surface area contributed by atoms with Crippen LogP contribution in [0, 0.1) is 5.92 Å². The van der Waals surface area contributed by atoms with Crippen LogP contribution in [0.5, 0.6) is 5.75 Å². The van der Waals surface area contributed by atoms with Gasteiger partial charge in [-0.1, -0.05) is 25.8 Å². The first-order valence-corrected chi connectivity index (χ1v) is 7.69. The first-order valence-electron chi connectivity index (χ1n) is 7.69. The molecule has 0 saturated heterocycles. The van der Waals surface area contributed by atoms with E-state index in [9.17, 15) is 4.79 Å². The second-order valence-electron chi connectivity index (χ2n) is 5.86. The summed E-state index contributed by atoms with van der Waals surface area (Å²) in [5, 5.41) is 3.43. The summed E-state index contributed by atoms with van der Waals surface area (Å²) < 4.78 is 10.6. The minimum Gasteiger partial charge on any atom is -0.497 e. The number of anilines is 1. The molecule has 2 rings (SSSR count). The van der Waals surface area contributed by atoms with E-state index in [-0.39, 0.29) is 5.97 Å². The molecule has 1 fully saturated rings. The van der Waals surface area contributed by atoms with Crippen molar-refractivity contribution in [2.24, 2.45) is 5.92 Å². The topological polar surface area (TPSA) is 47.6 Å². The van der Waals surface area contributed by atoms with Crippen LogP contribution in [-0.2, 0) is 9.53 Å². The Morgan fingerprint density at radius 1 is 1.48 bits per heavy atom. The molecule has 0 bridgehead atoms. The van der Waals surface area contributed by atoms with E-state index in [2.05, 4.69) is 12.2 Å². The Bertz CT molecular complexity index is 489. The molecule has 2 atom stereocenters. The highest BCUT2D eigenvalue weighted by Gasteiger charge is 2.43. The second kappa shape index (κ2) is 6.83. The van der Waals surface area contributed by atoms with Gasteiger partial charge in [0.05, 0.1) is 13.7 Å². The number of rotatable bonds is 5. The number of hydrogen-bond acceptors (Lipinski definition) is 4. The van der Waals surface area contributed by atoms with Gasteiger partial charge < -0.3 is 14.8 Å². The highest BCUT2D eigenvalue weighted by Crippen LogP contribution is 2.36. The van der Waals surface area contributed by atoms with Crippen molar-refractivity contribution in [1.82, 2.24) is 0 Å². The molecule has 21 heavy (non-hydrogen) atoms. The number of esters is 1. The summed E-state index contributed by atoms with van der Waals surface area (Å²) >= 11 is 0. The van der Waals surface area contributed by atoms with Gasteiger partial charge in [-0.2, -0.15) is 0 Å². The predicted molar refractivity (Wildman–Crippen MR) is 83.6 cm³/mol. The standard InChI is InChI=1S/C17H25NO3/c1-4-21-16(19)17(10-6-7-13(2)12-17)18-14-8-5-9-15(11-14)20-3/h5,8-9,11,13,18H,4,6-7,10,12H2,1-3H3. The van der Waals surface area contributed by atoms with E-state index in [4.69, 9.17) is 9.47 Å². The van der Waals surface area contributed by atoms with Crippen molar-refractivity contribution >= 4 is 11.7 Å². The van der Waals surface area contributed by atoms with Gasteiger partial charge in [-0.15, -0.1) is 0 Å². The van der Waals surface area contributed by atoms with Crippen LogP contribution in [0.25, 0.3) is 0 Å². The second-order valence-corrected chi connectivity index (χ2v) is 5.86. The summed E-state index contributed by atoms with van der Waals surface area (Å²) in [5.74, 6) is 1.16. The summed E-state index contributed by atoms with van der Waals surface area (Å²) in [4.78, 5) is 12.5. The molecule has 116 valence electrons. The van der Waals surface area contributed by atoms with Crippen molar-refractivity contribution in [3.05, 3.63) is 24.3 Å². The average Bonchev–Trinajstić information content (AvgIpc) is 2.47. The molecular weight excluding hydrogens is 266 g/mol. The van der Waals surface area contributed by atoms with Crippen molar-refractivity contribution in [2.45, 2.75) is 45.1 Å². The van der Waals surface area contributed by atoms with Crippen molar-refractivity contribution in [2.75, 3.05) is 19.0 Å². The van der Waals surface area contributed by atoms with Crippen LogP contribution >= 0.6 is 0 Å². The zero-order chi connectivity index (χ0) is 15.3. The van der Waals surface area contributed by atoms with Gasteiger partial charge in [0.2, 0.25) is 0 Å². The molecule has 1 saturated carbocycles. The quantitative estimate of drug-likeness (QED) is 0.842. The Morgan fingerprint density at radius 3 is 2.95 bits per heavy atom. The molecule has 1 N–H and O–H groups in total. The molecule has 0 heterocycles. The molecule has 4 nitrogen and oxygen atoms in total. The number of ether oxygens (including phenoxy) is 2. The number of hydrogen-bond donors (Lipinski definition) is 1. The highest BCUT2D eigenvalue weighted by atomic mass is 16.5. The number of carbonyl (C=O) groups excluding carboxylic acids is 1. The monoisotopic (exact) mass is 291 g/mol. The van der Waals surface area contributed by atoms with Crippen molar-refractivity contribution in [1.29, 1.82) is 0 Å². The zero-order valence-electron chi connectivity index (χ0n) is 13.1. The molecule has 1 aromatic carbocycles. The summed E-state index contributed by atoms with van der Waals surface area (Å²) in [7, 11) is 1.64. The van der Waals surface area contributed by atoms with Crippen molar-refractivity contribution < 1.29 is 14.3 Å². The van der Waals surface area contributed by atoms with E-state index >= 15 is 0 Å². The molecule has 0 amide bonds. The van der Waals surface area contributed by atoms with Gasteiger partial charge in [0, 0.05) is 11.8 Å².